The number of hydrogen-bond acceptors (Lipinski definition) is 0. The lowest BCUT2D eigenvalue weighted by atomic mass is 10.3. The summed E-state index contributed by atoms with van der Waals surface area (Å²) in [4.78, 5) is 0. The van der Waals surface area contributed by atoms with Gasteiger partial charge in [0, 0.05) is 3.92 Å². The molecule has 0 aliphatic heterocycles. The first kappa shape index (κ1) is 13.6. The van der Waals surface area contributed by atoms with E-state index in [0.29, 0.717) is 0 Å². The van der Waals surface area contributed by atoms with Gasteiger partial charge in [0.15, 0.2) is 0 Å². The Hall–Kier alpha value is -0.400. The summed E-state index contributed by atoms with van der Waals surface area (Å²) in [7, 11) is -0.199. The Morgan fingerprint density at radius 1 is 0.789 bits per heavy atom. The van der Waals surface area contributed by atoms with Crippen molar-refractivity contribution >= 4 is 41.1 Å². The molecule has 2 aromatic rings. The molecular weight excluding hydrogens is 362 g/mol. The van der Waals surface area contributed by atoms with Crippen molar-refractivity contribution in [3.8, 4) is 0 Å². The first-order valence-corrected chi connectivity index (χ1v) is 9.55. The van der Waals surface area contributed by atoms with Gasteiger partial charge in [-0.15, -0.1) is 0 Å². The Kier molecular flexibility index (Phi) is 4.55. The standard InChI is InChI=1S/C17H18IP/c18-16-12-7-13-17(16)19(14-8-3-1-4-9-14)15-10-5-2-6-11-15/h1-6,8-11,16-17H,7,12-13H2/t16?,17-/m1/s1. The van der Waals surface area contributed by atoms with Gasteiger partial charge < -0.3 is 0 Å². The molecule has 3 rings (SSSR count). The molecule has 1 saturated carbocycles. The van der Waals surface area contributed by atoms with Gasteiger partial charge in [-0.2, -0.15) is 0 Å². The zero-order chi connectivity index (χ0) is 13.1. The van der Waals surface area contributed by atoms with E-state index in [1.807, 2.05) is 0 Å². The highest BCUT2D eigenvalue weighted by molar-refractivity contribution is 14.1. The Bertz CT molecular complexity index is 472. The first-order chi connectivity index (χ1) is 9.36. The van der Waals surface area contributed by atoms with Crippen LogP contribution in [0.5, 0.6) is 0 Å². The van der Waals surface area contributed by atoms with Crippen LogP contribution in [0.25, 0.3) is 0 Å². The number of alkyl halides is 1. The van der Waals surface area contributed by atoms with Crippen molar-refractivity contribution in [2.24, 2.45) is 0 Å². The monoisotopic (exact) mass is 380 g/mol. The number of rotatable bonds is 3. The van der Waals surface area contributed by atoms with E-state index in [-0.39, 0.29) is 7.92 Å². The van der Waals surface area contributed by atoms with Gasteiger partial charge in [0.1, 0.15) is 0 Å². The molecule has 0 heterocycles. The van der Waals surface area contributed by atoms with Crippen LogP contribution in [0.15, 0.2) is 60.7 Å². The molecule has 98 valence electrons. The molecule has 0 radical (unpaired) electrons. The number of halogens is 1. The Labute approximate surface area is 130 Å². The average molecular weight is 380 g/mol. The summed E-state index contributed by atoms with van der Waals surface area (Å²) in [5, 5.41) is 3.08. The summed E-state index contributed by atoms with van der Waals surface area (Å²) < 4.78 is 0.837. The van der Waals surface area contributed by atoms with Crippen LogP contribution >= 0.6 is 30.5 Å². The second-order valence-corrected chi connectivity index (χ2v) is 9.09. The minimum atomic E-state index is -0.199. The molecular formula is C17H18IP. The first-order valence-electron chi connectivity index (χ1n) is 6.89. The Morgan fingerprint density at radius 3 is 1.74 bits per heavy atom. The summed E-state index contributed by atoms with van der Waals surface area (Å²) in [6.07, 6.45) is 4.18. The van der Waals surface area contributed by atoms with E-state index in [9.17, 15) is 0 Å². The van der Waals surface area contributed by atoms with Crippen LogP contribution in [0.2, 0.25) is 0 Å². The third-order valence-electron chi connectivity index (χ3n) is 3.80. The van der Waals surface area contributed by atoms with Crippen LogP contribution in [-0.2, 0) is 0 Å². The molecule has 0 saturated heterocycles. The van der Waals surface area contributed by atoms with E-state index in [1.54, 1.807) is 0 Å². The summed E-state index contributed by atoms with van der Waals surface area (Å²) in [5.74, 6) is 0. The maximum Gasteiger partial charge on any atom is 0.0183 e. The summed E-state index contributed by atoms with van der Waals surface area (Å²) >= 11 is 2.68. The molecule has 2 heteroatoms. The third-order valence-corrected chi connectivity index (χ3v) is 8.85. The highest BCUT2D eigenvalue weighted by Crippen LogP contribution is 2.49. The maximum absolute atomic E-state index is 2.68. The van der Waals surface area contributed by atoms with Crippen LogP contribution in [0.4, 0.5) is 0 Å². The van der Waals surface area contributed by atoms with Crippen molar-refractivity contribution in [2.45, 2.75) is 28.8 Å². The molecule has 19 heavy (non-hydrogen) atoms. The van der Waals surface area contributed by atoms with Gasteiger partial charge in [0.05, 0.1) is 0 Å². The Morgan fingerprint density at radius 2 is 1.32 bits per heavy atom. The van der Waals surface area contributed by atoms with E-state index < -0.39 is 0 Å². The lowest BCUT2D eigenvalue weighted by Crippen LogP contribution is -2.24. The molecule has 0 aromatic heterocycles. The van der Waals surface area contributed by atoms with Gasteiger partial charge >= 0.3 is 0 Å². The molecule has 1 aliphatic rings. The highest BCUT2D eigenvalue weighted by Gasteiger charge is 2.33. The largest absolute Gasteiger partial charge is 0.0819 e. The fraction of sp³-hybridized carbons (Fsp3) is 0.294. The molecule has 0 amide bonds. The van der Waals surface area contributed by atoms with Crippen molar-refractivity contribution < 1.29 is 0 Å². The van der Waals surface area contributed by atoms with E-state index in [2.05, 4.69) is 83.3 Å². The van der Waals surface area contributed by atoms with Gasteiger partial charge in [-0.25, -0.2) is 0 Å². The van der Waals surface area contributed by atoms with Crippen molar-refractivity contribution in [3.63, 3.8) is 0 Å². The number of hydrogen-bond donors (Lipinski definition) is 0. The zero-order valence-electron chi connectivity index (χ0n) is 10.9. The lowest BCUT2D eigenvalue weighted by molar-refractivity contribution is 0.890. The fourth-order valence-electron chi connectivity index (χ4n) is 2.90. The minimum absolute atomic E-state index is 0.199. The van der Waals surface area contributed by atoms with Gasteiger partial charge in [-0.3, -0.25) is 0 Å². The highest BCUT2D eigenvalue weighted by atomic mass is 127. The zero-order valence-corrected chi connectivity index (χ0v) is 13.9. The van der Waals surface area contributed by atoms with Crippen molar-refractivity contribution in [1.82, 2.24) is 0 Å². The quantitative estimate of drug-likeness (QED) is 0.419. The molecule has 0 spiro atoms. The maximum atomic E-state index is 2.68. The molecule has 1 fully saturated rings. The second-order valence-electron chi connectivity index (χ2n) is 5.06. The second kappa shape index (κ2) is 6.37. The van der Waals surface area contributed by atoms with Crippen molar-refractivity contribution in [1.29, 1.82) is 0 Å². The van der Waals surface area contributed by atoms with E-state index in [1.165, 1.54) is 29.9 Å². The Balaban J connectivity index is 2.01. The molecule has 0 nitrogen and oxygen atoms in total. The van der Waals surface area contributed by atoms with Crippen molar-refractivity contribution in [3.05, 3.63) is 60.7 Å². The molecule has 2 atom stereocenters. The van der Waals surface area contributed by atoms with Gasteiger partial charge in [0.2, 0.25) is 0 Å². The SMILES string of the molecule is IC1CCC[C@H]1P(c1ccccc1)c1ccccc1. The minimum Gasteiger partial charge on any atom is -0.0819 e. The van der Waals surface area contributed by atoms with Crippen LogP contribution in [0, 0.1) is 0 Å². The van der Waals surface area contributed by atoms with Crippen LogP contribution < -0.4 is 10.6 Å². The van der Waals surface area contributed by atoms with Crippen LogP contribution in [0.3, 0.4) is 0 Å². The number of benzene rings is 2. The third kappa shape index (κ3) is 3.03. The molecule has 0 bridgehead atoms. The average Bonchev–Trinajstić information content (AvgIpc) is 2.88. The van der Waals surface area contributed by atoms with Gasteiger partial charge in [0.25, 0.3) is 0 Å². The van der Waals surface area contributed by atoms with E-state index >= 15 is 0 Å². The normalized spacial score (nSPS) is 22.8. The molecule has 1 unspecified atom stereocenters. The smallest absolute Gasteiger partial charge is 0.0183 e. The predicted octanol–water partition coefficient (Wildman–Crippen LogP) is 4.48. The molecule has 2 aromatic carbocycles. The summed E-state index contributed by atoms with van der Waals surface area (Å²) in [6, 6.07) is 22.3. The van der Waals surface area contributed by atoms with E-state index in [0.717, 1.165) is 9.58 Å². The van der Waals surface area contributed by atoms with Gasteiger partial charge in [-0.1, -0.05) is 89.7 Å². The van der Waals surface area contributed by atoms with Crippen molar-refractivity contribution in [2.75, 3.05) is 0 Å². The molecule has 1 aliphatic carbocycles. The molecule has 0 N–H and O–H groups in total. The fourth-order valence-corrected chi connectivity index (χ4v) is 7.62. The van der Waals surface area contributed by atoms with Gasteiger partial charge in [-0.05, 0) is 37.0 Å². The summed E-state index contributed by atoms with van der Waals surface area (Å²) in [5.41, 5.74) is 0.848. The lowest BCUT2D eigenvalue weighted by Gasteiger charge is -2.27. The van der Waals surface area contributed by atoms with E-state index in [4.69, 9.17) is 0 Å². The predicted molar refractivity (Wildman–Crippen MR) is 94.5 cm³/mol. The summed E-state index contributed by atoms with van der Waals surface area (Å²) in [6.45, 7) is 0. The topological polar surface area (TPSA) is 0 Å². The van der Waals surface area contributed by atoms with Crippen LogP contribution in [0.1, 0.15) is 19.3 Å². The van der Waals surface area contributed by atoms with Crippen LogP contribution in [-0.4, -0.2) is 9.58 Å².